The molecule has 0 N–H and O–H groups in total. The molecule has 32 heavy (non-hydrogen) atoms. The normalized spacial score (nSPS) is 26.8. The Balaban J connectivity index is 1.67. The zero-order chi connectivity index (χ0) is 23.1. The molecular formula is C26H37N3OSi2. The summed E-state index contributed by atoms with van der Waals surface area (Å²) >= 11 is 0. The third kappa shape index (κ3) is 4.16. The summed E-state index contributed by atoms with van der Waals surface area (Å²) in [7, 11) is -3.20. The molecule has 0 aromatic heterocycles. The van der Waals surface area contributed by atoms with Crippen molar-refractivity contribution in [2.75, 3.05) is 0 Å². The van der Waals surface area contributed by atoms with Crippen LogP contribution in [0.2, 0.25) is 38.3 Å². The van der Waals surface area contributed by atoms with E-state index < -0.39 is 16.5 Å². The highest BCUT2D eigenvalue weighted by atomic mass is 28.4. The molecule has 4 atom stereocenters. The highest BCUT2D eigenvalue weighted by molar-refractivity contribution is 6.95. The molecule has 2 fully saturated rings. The van der Waals surface area contributed by atoms with Crippen LogP contribution in [0, 0.1) is 0 Å². The van der Waals surface area contributed by atoms with E-state index in [-0.39, 0.29) is 30.1 Å². The average Bonchev–Trinajstić information content (AvgIpc) is 3.00. The molecule has 0 radical (unpaired) electrons. The van der Waals surface area contributed by atoms with E-state index >= 15 is 0 Å². The van der Waals surface area contributed by atoms with Crippen molar-refractivity contribution >= 4 is 28.6 Å². The Hall–Kier alpha value is -2.03. The molecule has 170 valence electrons. The summed E-state index contributed by atoms with van der Waals surface area (Å²) in [6.07, 6.45) is 2.09. The third-order valence-electron chi connectivity index (χ3n) is 7.53. The number of hydrogen-bond acceptors (Lipinski definition) is 3. The summed E-state index contributed by atoms with van der Waals surface area (Å²) in [5.74, 6) is 0.285. The number of carbonyl (C=O) groups is 1. The van der Waals surface area contributed by atoms with Crippen LogP contribution >= 0.6 is 0 Å². The van der Waals surface area contributed by atoms with Gasteiger partial charge in [-0.1, -0.05) is 86.9 Å². The van der Waals surface area contributed by atoms with Crippen LogP contribution in [0.3, 0.4) is 0 Å². The highest BCUT2D eigenvalue weighted by Gasteiger charge is 2.60. The number of aliphatic imine (C=N–C) groups is 1. The van der Waals surface area contributed by atoms with Gasteiger partial charge in [-0.2, -0.15) is 0 Å². The summed E-state index contributed by atoms with van der Waals surface area (Å²) in [6, 6.07) is 23.5. The second kappa shape index (κ2) is 8.73. The molecule has 2 aliphatic rings. The van der Waals surface area contributed by atoms with Crippen molar-refractivity contribution in [1.29, 1.82) is 0 Å². The number of amides is 1. The van der Waals surface area contributed by atoms with Crippen LogP contribution in [-0.2, 0) is 4.79 Å². The van der Waals surface area contributed by atoms with E-state index in [1.165, 1.54) is 23.2 Å². The molecule has 2 aliphatic heterocycles. The zero-order valence-electron chi connectivity index (χ0n) is 20.3. The summed E-state index contributed by atoms with van der Waals surface area (Å²) in [4.78, 5) is 20.8. The van der Waals surface area contributed by atoms with Crippen molar-refractivity contribution in [1.82, 2.24) is 9.13 Å². The van der Waals surface area contributed by atoms with Crippen LogP contribution in [0.4, 0.5) is 0 Å². The van der Waals surface area contributed by atoms with Crippen LogP contribution in [0.25, 0.3) is 0 Å². The lowest BCUT2D eigenvalue weighted by molar-refractivity contribution is -0.152. The van der Waals surface area contributed by atoms with Gasteiger partial charge >= 0.3 is 0 Å². The first-order valence-electron chi connectivity index (χ1n) is 11.9. The number of benzene rings is 2. The molecule has 2 saturated heterocycles. The van der Waals surface area contributed by atoms with E-state index in [2.05, 4.69) is 104 Å². The van der Waals surface area contributed by atoms with Gasteiger partial charge in [0.05, 0.1) is 18.1 Å². The average molecular weight is 464 g/mol. The zero-order valence-corrected chi connectivity index (χ0v) is 22.3. The first kappa shape index (κ1) is 23.1. The monoisotopic (exact) mass is 463 g/mol. The van der Waals surface area contributed by atoms with Crippen molar-refractivity contribution in [3.8, 4) is 0 Å². The standard InChI is InChI=1S/C26H37N3OSi2/c1-20(22-13-9-7-10-14-22)27-19-24-25(29-31(3,4)17-18-32(29,5)6)26(30)28(24)21(2)23-15-11-8-12-16-23/h7-16,19-21,24-25H,17-18H2,1-6H3/t20-,21-,24-,25-/m1/s1. The number of likely N-dealkylation sites (tertiary alicyclic amines) is 1. The first-order valence-corrected chi connectivity index (χ1v) is 18.2. The van der Waals surface area contributed by atoms with Crippen molar-refractivity contribution in [2.24, 2.45) is 4.99 Å². The molecule has 0 aliphatic carbocycles. The molecule has 2 heterocycles. The Bertz CT molecular complexity index is 961. The van der Waals surface area contributed by atoms with Gasteiger partial charge in [0, 0.05) is 6.21 Å². The molecule has 6 heteroatoms. The fraction of sp³-hybridized carbons (Fsp3) is 0.462. The minimum Gasteiger partial charge on any atom is -0.333 e. The van der Waals surface area contributed by atoms with Crippen LogP contribution in [-0.4, -0.2) is 49.8 Å². The molecule has 2 aromatic carbocycles. The largest absolute Gasteiger partial charge is 0.333 e. The minimum absolute atomic E-state index is 0.0283. The van der Waals surface area contributed by atoms with Crippen LogP contribution < -0.4 is 0 Å². The quantitative estimate of drug-likeness (QED) is 0.304. The van der Waals surface area contributed by atoms with Crippen LogP contribution in [0.15, 0.2) is 65.7 Å². The summed E-state index contributed by atoms with van der Waals surface area (Å²) < 4.78 is 2.75. The lowest BCUT2D eigenvalue weighted by Crippen LogP contribution is -2.77. The molecule has 4 rings (SSSR count). The number of nitrogens with zero attached hydrogens (tertiary/aromatic N) is 3. The Kier molecular flexibility index (Phi) is 6.31. The summed E-state index contributed by atoms with van der Waals surface area (Å²) in [5, 5.41) is 0. The van der Waals surface area contributed by atoms with E-state index in [0.29, 0.717) is 0 Å². The van der Waals surface area contributed by atoms with E-state index in [4.69, 9.17) is 4.99 Å². The van der Waals surface area contributed by atoms with Gasteiger partial charge in [0.1, 0.15) is 22.5 Å². The summed E-state index contributed by atoms with van der Waals surface area (Å²) in [6.45, 7) is 14.1. The van der Waals surface area contributed by atoms with Gasteiger partial charge in [-0.15, -0.1) is 0 Å². The Labute approximate surface area is 195 Å². The van der Waals surface area contributed by atoms with Crippen LogP contribution in [0.1, 0.15) is 37.1 Å². The van der Waals surface area contributed by atoms with Gasteiger partial charge in [0.25, 0.3) is 0 Å². The molecule has 0 spiro atoms. The number of carbonyl (C=O) groups excluding carboxylic acids is 1. The maximum absolute atomic E-state index is 13.7. The van der Waals surface area contributed by atoms with E-state index in [9.17, 15) is 4.79 Å². The van der Waals surface area contributed by atoms with Gasteiger partial charge in [0.15, 0.2) is 0 Å². The maximum atomic E-state index is 13.7. The molecule has 0 unspecified atom stereocenters. The second-order valence-corrected chi connectivity index (χ2v) is 20.3. The molecule has 1 amide bonds. The number of hydrogen-bond donors (Lipinski definition) is 0. The SMILES string of the molecule is C[C@H](c1ccccc1)N1C(=O)[C@H](N2[Si](C)(C)CC[Si]2(C)C)[C@H]1C=N[C@H](C)c1ccccc1. The van der Waals surface area contributed by atoms with Crippen molar-refractivity contribution in [2.45, 2.75) is 76.3 Å². The molecular weight excluding hydrogens is 426 g/mol. The predicted octanol–water partition coefficient (Wildman–Crippen LogP) is 5.88. The van der Waals surface area contributed by atoms with E-state index in [1.807, 2.05) is 12.1 Å². The molecule has 0 bridgehead atoms. The van der Waals surface area contributed by atoms with E-state index in [1.54, 1.807) is 0 Å². The number of β-lactam (4-membered cyclic amide) rings is 1. The van der Waals surface area contributed by atoms with Crippen LogP contribution in [0.5, 0.6) is 0 Å². The fourth-order valence-corrected chi connectivity index (χ4v) is 20.4. The molecule has 4 nitrogen and oxygen atoms in total. The Morgan fingerprint density at radius 2 is 1.38 bits per heavy atom. The second-order valence-electron chi connectivity index (χ2n) is 10.6. The lowest BCUT2D eigenvalue weighted by atomic mass is 9.91. The molecule has 2 aromatic rings. The fourth-order valence-electron chi connectivity index (χ4n) is 5.73. The topological polar surface area (TPSA) is 35.9 Å². The van der Waals surface area contributed by atoms with Crippen molar-refractivity contribution in [3.05, 3.63) is 71.8 Å². The molecule has 0 saturated carbocycles. The van der Waals surface area contributed by atoms with Gasteiger partial charge in [-0.25, -0.2) is 0 Å². The minimum atomic E-state index is -1.60. The smallest absolute Gasteiger partial charge is 0.242 e. The van der Waals surface area contributed by atoms with Gasteiger partial charge in [0.2, 0.25) is 5.91 Å². The van der Waals surface area contributed by atoms with Gasteiger partial charge < -0.3 is 9.13 Å². The van der Waals surface area contributed by atoms with E-state index in [0.717, 1.165) is 0 Å². The van der Waals surface area contributed by atoms with Crippen molar-refractivity contribution < 1.29 is 4.79 Å². The maximum Gasteiger partial charge on any atom is 0.242 e. The summed E-state index contributed by atoms with van der Waals surface area (Å²) in [5.41, 5.74) is 2.39. The lowest BCUT2D eigenvalue weighted by Gasteiger charge is -2.57. The first-order chi connectivity index (χ1) is 15.1. The third-order valence-corrected chi connectivity index (χ3v) is 17.8. The highest BCUT2D eigenvalue weighted by Crippen LogP contribution is 2.44. The Morgan fingerprint density at radius 1 is 0.875 bits per heavy atom. The number of rotatable bonds is 6. The van der Waals surface area contributed by atoms with Gasteiger partial charge in [-0.3, -0.25) is 9.79 Å². The Morgan fingerprint density at radius 3 is 1.91 bits per heavy atom. The predicted molar refractivity (Wildman–Crippen MR) is 139 cm³/mol. The van der Waals surface area contributed by atoms with Crippen molar-refractivity contribution in [3.63, 3.8) is 0 Å². The van der Waals surface area contributed by atoms with Gasteiger partial charge in [-0.05, 0) is 37.1 Å².